The van der Waals surface area contributed by atoms with E-state index in [-0.39, 0.29) is 11.0 Å². The molecule has 0 radical (unpaired) electrons. The van der Waals surface area contributed by atoms with E-state index in [0.717, 1.165) is 25.2 Å². The molecule has 0 unspecified atom stereocenters. The van der Waals surface area contributed by atoms with Gasteiger partial charge in [-0.15, -0.1) is 0 Å². The summed E-state index contributed by atoms with van der Waals surface area (Å²) < 4.78 is 39.1. The monoisotopic (exact) mass is 360 g/mol. The molecule has 2 aromatic rings. The van der Waals surface area contributed by atoms with Gasteiger partial charge in [0, 0.05) is 26.2 Å². The third kappa shape index (κ3) is 3.19. The Morgan fingerprint density at radius 1 is 1.12 bits per heavy atom. The van der Waals surface area contributed by atoms with E-state index in [2.05, 4.69) is 20.3 Å². The van der Waals surface area contributed by atoms with Crippen LogP contribution < -0.4 is 16.2 Å². The predicted octanol–water partition coefficient (Wildman–Crippen LogP) is 2.34. The Labute approximate surface area is 141 Å². The number of nitrogens with two attached hydrogens (primary N) is 1. The maximum Gasteiger partial charge on any atom is 0.417 e. The first kappa shape index (κ1) is 17.0. The topological polar surface area (TPSA) is 70.3 Å². The minimum absolute atomic E-state index is 0.125. The van der Waals surface area contributed by atoms with Crippen molar-refractivity contribution in [2.24, 2.45) is 5.84 Å². The van der Waals surface area contributed by atoms with Crippen molar-refractivity contribution < 1.29 is 13.2 Å². The lowest BCUT2D eigenvalue weighted by atomic mass is 10.2. The summed E-state index contributed by atoms with van der Waals surface area (Å²) in [6.07, 6.45) is -4.55. The van der Waals surface area contributed by atoms with Crippen LogP contribution in [-0.2, 0) is 6.18 Å². The molecular weight excluding hydrogens is 345 g/mol. The van der Waals surface area contributed by atoms with E-state index >= 15 is 0 Å². The number of hydrogen-bond acceptors (Lipinski definition) is 6. The molecule has 1 fully saturated rings. The molecule has 6 nitrogen and oxygen atoms in total. The predicted molar refractivity (Wildman–Crippen MR) is 87.1 cm³/mol. The zero-order valence-electron chi connectivity index (χ0n) is 12.9. The number of fused-ring (bicyclic) bond motifs is 1. The molecule has 10 heteroatoms. The third-order valence-corrected chi connectivity index (χ3v) is 4.29. The summed E-state index contributed by atoms with van der Waals surface area (Å²) in [7, 11) is 2.00. The number of benzene rings is 1. The van der Waals surface area contributed by atoms with E-state index in [1.54, 1.807) is 0 Å². The van der Waals surface area contributed by atoms with Crippen molar-refractivity contribution >= 4 is 34.3 Å². The summed E-state index contributed by atoms with van der Waals surface area (Å²) in [6.45, 7) is 3.01. The number of anilines is 2. The lowest BCUT2D eigenvalue weighted by molar-refractivity contribution is -0.137. The van der Waals surface area contributed by atoms with Gasteiger partial charge >= 0.3 is 6.18 Å². The van der Waals surface area contributed by atoms with E-state index in [4.69, 9.17) is 17.4 Å². The Kier molecular flexibility index (Phi) is 4.41. The van der Waals surface area contributed by atoms with Gasteiger partial charge in [-0.25, -0.2) is 15.8 Å². The van der Waals surface area contributed by atoms with Crippen LogP contribution in [0.3, 0.4) is 0 Å². The fourth-order valence-electron chi connectivity index (χ4n) is 2.62. The first-order chi connectivity index (χ1) is 11.3. The second-order valence-corrected chi connectivity index (χ2v) is 6.06. The molecule has 0 amide bonds. The lowest BCUT2D eigenvalue weighted by Crippen LogP contribution is -2.45. The van der Waals surface area contributed by atoms with E-state index < -0.39 is 16.8 Å². The molecule has 0 aliphatic carbocycles. The average Bonchev–Trinajstić information content (AvgIpc) is 2.53. The molecule has 0 atom stereocenters. The highest BCUT2D eigenvalue weighted by molar-refractivity contribution is 6.32. The number of nitrogens with zero attached hydrogens (tertiary/aromatic N) is 4. The summed E-state index contributed by atoms with van der Waals surface area (Å²) in [5, 5.41) is -0.417. The van der Waals surface area contributed by atoms with Gasteiger partial charge in [0.05, 0.1) is 21.6 Å². The minimum Gasteiger partial charge on any atom is -0.351 e. The summed E-state index contributed by atoms with van der Waals surface area (Å²) in [4.78, 5) is 12.7. The number of likely N-dealkylation sites (N-methyl/N-ethyl adjacent to an activating group) is 1. The number of nitrogens with one attached hydrogen (secondary N) is 1. The van der Waals surface area contributed by atoms with Gasteiger partial charge in [-0.05, 0) is 19.2 Å². The zero-order valence-corrected chi connectivity index (χ0v) is 13.6. The molecule has 130 valence electrons. The molecule has 3 N–H and O–H groups in total. The van der Waals surface area contributed by atoms with Crippen LogP contribution in [0.25, 0.3) is 11.0 Å². The molecule has 0 saturated carbocycles. The van der Waals surface area contributed by atoms with Crippen molar-refractivity contribution in [2.75, 3.05) is 43.6 Å². The maximum absolute atomic E-state index is 13.0. The highest BCUT2D eigenvalue weighted by Gasteiger charge is 2.34. The number of hydrazine groups is 1. The summed E-state index contributed by atoms with van der Waals surface area (Å²) in [6, 6.07) is 2.08. The number of alkyl halides is 3. The fraction of sp³-hybridized carbons (Fsp3) is 0.429. The van der Waals surface area contributed by atoms with E-state index in [0.29, 0.717) is 24.7 Å². The van der Waals surface area contributed by atoms with E-state index in [9.17, 15) is 13.2 Å². The Hall–Kier alpha value is -1.84. The van der Waals surface area contributed by atoms with Gasteiger partial charge < -0.3 is 15.2 Å². The summed E-state index contributed by atoms with van der Waals surface area (Å²) >= 11 is 5.73. The van der Waals surface area contributed by atoms with Crippen LogP contribution in [0.5, 0.6) is 0 Å². The van der Waals surface area contributed by atoms with Crippen LogP contribution in [0.1, 0.15) is 5.56 Å². The third-order valence-electron chi connectivity index (χ3n) is 3.98. The van der Waals surface area contributed by atoms with Crippen LogP contribution in [0.15, 0.2) is 12.1 Å². The van der Waals surface area contributed by atoms with Gasteiger partial charge in [-0.2, -0.15) is 13.2 Å². The Bertz CT molecular complexity index is 758. The lowest BCUT2D eigenvalue weighted by Gasteiger charge is -2.33. The van der Waals surface area contributed by atoms with Crippen molar-refractivity contribution in [1.82, 2.24) is 14.9 Å². The molecule has 2 heterocycles. The molecule has 1 aromatic carbocycles. The highest BCUT2D eigenvalue weighted by atomic mass is 35.5. The molecule has 1 saturated heterocycles. The molecule has 3 rings (SSSR count). The molecule has 1 aromatic heterocycles. The van der Waals surface area contributed by atoms with Crippen molar-refractivity contribution in [2.45, 2.75) is 6.18 Å². The van der Waals surface area contributed by atoms with Crippen molar-refractivity contribution in [3.05, 3.63) is 22.7 Å². The summed E-state index contributed by atoms with van der Waals surface area (Å²) in [5.74, 6) is 6.26. The van der Waals surface area contributed by atoms with E-state index in [1.165, 1.54) is 0 Å². The average molecular weight is 361 g/mol. The quantitative estimate of drug-likeness (QED) is 0.633. The van der Waals surface area contributed by atoms with Crippen LogP contribution in [0.2, 0.25) is 5.02 Å². The fourth-order valence-corrected chi connectivity index (χ4v) is 2.89. The number of halogens is 4. The molecule has 24 heavy (non-hydrogen) atoms. The highest BCUT2D eigenvalue weighted by Crippen LogP contribution is 2.37. The van der Waals surface area contributed by atoms with Crippen LogP contribution >= 0.6 is 11.6 Å². The van der Waals surface area contributed by atoms with Crippen molar-refractivity contribution in [1.29, 1.82) is 0 Å². The zero-order chi connectivity index (χ0) is 17.5. The summed E-state index contributed by atoms with van der Waals surface area (Å²) in [5.41, 5.74) is 1.91. The number of piperazine rings is 1. The first-order valence-electron chi connectivity index (χ1n) is 7.28. The SMILES string of the molecule is CN1CCN(c2nc3cc(C(F)(F)F)c(Cl)cc3nc2NN)CC1. The number of rotatable bonds is 2. The van der Waals surface area contributed by atoms with Crippen LogP contribution in [0.4, 0.5) is 24.8 Å². The van der Waals surface area contributed by atoms with Crippen LogP contribution in [0, 0.1) is 0 Å². The second-order valence-electron chi connectivity index (χ2n) is 5.65. The molecule has 0 spiro atoms. The second kappa shape index (κ2) is 6.23. The maximum atomic E-state index is 13.0. The van der Waals surface area contributed by atoms with Crippen LogP contribution in [-0.4, -0.2) is 48.1 Å². The number of nitrogen functional groups attached to an aromatic ring is 1. The molecule has 1 aliphatic rings. The van der Waals surface area contributed by atoms with E-state index in [1.807, 2.05) is 11.9 Å². The molecule has 0 bridgehead atoms. The normalized spacial score (nSPS) is 16.7. The van der Waals surface area contributed by atoms with Crippen molar-refractivity contribution in [3.8, 4) is 0 Å². The first-order valence-corrected chi connectivity index (χ1v) is 7.66. The Morgan fingerprint density at radius 2 is 1.75 bits per heavy atom. The van der Waals surface area contributed by atoms with Gasteiger partial charge in [0.2, 0.25) is 0 Å². The number of hydrogen-bond donors (Lipinski definition) is 2. The Morgan fingerprint density at radius 3 is 2.33 bits per heavy atom. The van der Waals surface area contributed by atoms with Gasteiger partial charge in [-0.3, -0.25) is 0 Å². The molecule has 1 aliphatic heterocycles. The van der Waals surface area contributed by atoms with Gasteiger partial charge in [-0.1, -0.05) is 11.6 Å². The largest absolute Gasteiger partial charge is 0.417 e. The molecular formula is C14H16ClF3N6. The minimum atomic E-state index is -4.55. The Balaban J connectivity index is 2.10. The smallest absolute Gasteiger partial charge is 0.351 e. The standard InChI is InChI=1S/C14H16ClF3N6/c1-23-2-4-24(5-3-23)13-12(22-19)20-11-7-9(15)8(14(16,17)18)6-10(11)21-13/h6-7H,2-5,19H2,1H3,(H,20,22). The van der Waals surface area contributed by atoms with Crippen molar-refractivity contribution in [3.63, 3.8) is 0 Å². The van der Waals surface area contributed by atoms with Gasteiger partial charge in [0.25, 0.3) is 0 Å². The number of aromatic nitrogens is 2. The van der Waals surface area contributed by atoms with Gasteiger partial charge in [0.1, 0.15) is 0 Å². The van der Waals surface area contributed by atoms with Gasteiger partial charge in [0.15, 0.2) is 11.6 Å².